The molecule has 4 heterocycles. The molecular formula is C24H27ClN8O4S. The van der Waals surface area contributed by atoms with Gasteiger partial charge in [-0.1, -0.05) is 24.6 Å². The SMILES string of the molecule is COc1cccc(OC)c1-n1c(NS(=O)(=O)C(C)C(C)c2ncc(Cl)cn2)nnc1-c1cc2n(n1)CCC2. The molecule has 0 amide bonds. The zero-order valence-electron chi connectivity index (χ0n) is 21.3. The van der Waals surface area contributed by atoms with E-state index in [9.17, 15) is 8.42 Å². The summed E-state index contributed by atoms with van der Waals surface area (Å²) in [4.78, 5) is 8.37. The number of methoxy groups -OCH3 is 2. The van der Waals surface area contributed by atoms with Gasteiger partial charge in [0.2, 0.25) is 16.0 Å². The van der Waals surface area contributed by atoms with Gasteiger partial charge in [-0.15, -0.1) is 10.2 Å². The van der Waals surface area contributed by atoms with Gasteiger partial charge in [-0.05, 0) is 38.0 Å². The average Bonchev–Trinajstić information content (AvgIpc) is 3.62. The lowest BCUT2D eigenvalue weighted by Gasteiger charge is -2.21. The van der Waals surface area contributed by atoms with Crippen molar-refractivity contribution in [1.29, 1.82) is 0 Å². The highest BCUT2D eigenvalue weighted by molar-refractivity contribution is 7.93. The van der Waals surface area contributed by atoms with Crippen molar-refractivity contribution < 1.29 is 17.9 Å². The van der Waals surface area contributed by atoms with Crippen molar-refractivity contribution in [2.75, 3.05) is 18.9 Å². The summed E-state index contributed by atoms with van der Waals surface area (Å²) in [6, 6.07) is 7.21. The zero-order valence-corrected chi connectivity index (χ0v) is 22.9. The largest absolute Gasteiger partial charge is 0.494 e. The molecule has 1 aromatic carbocycles. The second-order valence-corrected chi connectivity index (χ2v) is 11.4. The van der Waals surface area contributed by atoms with Crippen molar-refractivity contribution >= 4 is 27.6 Å². The topological polar surface area (TPSA) is 139 Å². The number of nitrogens with zero attached hydrogens (tertiary/aromatic N) is 7. The highest BCUT2D eigenvalue weighted by atomic mass is 35.5. The summed E-state index contributed by atoms with van der Waals surface area (Å²) < 4.78 is 44.5. The molecule has 0 spiro atoms. The average molecular weight is 559 g/mol. The van der Waals surface area contributed by atoms with Crippen LogP contribution in [0, 0.1) is 0 Å². The van der Waals surface area contributed by atoms with Crippen LogP contribution in [0.15, 0.2) is 36.7 Å². The van der Waals surface area contributed by atoms with Crippen LogP contribution in [0.2, 0.25) is 5.02 Å². The number of ether oxygens (including phenoxy) is 2. The smallest absolute Gasteiger partial charge is 0.243 e. The van der Waals surface area contributed by atoms with Crippen LogP contribution >= 0.6 is 11.6 Å². The Bertz CT molecular complexity index is 1520. The van der Waals surface area contributed by atoms with Gasteiger partial charge in [0, 0.05) is 30.6 Å². The maximum Gasteiger partial charge on any atom is 0.243 e. The van der Waals surface area contributed by atoms with Crippen LogP contribution in [0.1, 0.15) is 37.7 Å². The Kier molecular flexibility index (Phi) is 6.97. The summed E-state index contributed by atoms with van der Waals surface area (Å²) in [5.74, 6) is 0.995. The van der Waals surface area contributed by atoms with E-state index in [4.69, 9.17) is 21.1 Å². The molecular weight excluding hydrogens is 532 g/mol. The number of para-hydroxylation sites is 1. The fourth-order valence-electron chi connectivity index (χ4n) is 4.41. The van der Waals surface area contributed by atoms with E-state index in [1.54, 1.807) is 36.6 Å². The molecule has 0 bridgehead atoms. The maximum absolute atomic E-state index is 13.6. The molecule has 0 fully saturated rings. The Morgan fingerprint density at radius 1 is 1.08 bits per heavy atom. The first-order chi connectivity index (χ1) is 18.2. The van der Waals surface area contributed by atoms with E-state index < -0.39 is 21.2 Å². The van der Waals surface area contributed by atoms with Crippen molar-refractivity contribution in [3.8, 4) is 28.7 Å². The first-order valence-corrected chi connectivity index (χ1v) is 13.9. The van der Waals surface area contributed by atoms with E-state index in [1.165, 1.54) is 26.6 Å². The van der Waals surface area contributed by atoms with Crippen LogP contribution < -0.4 is 14.2 Å². The number of halogens is 1. The highest BCUT2D eigenvalue weighted by Crippen LogP contribution is 2.38. The summed E-state index contributed by atoms with van der Waals surface area (Å²) in [5.41, 5.74) is 2.07. The number of anilines is 1. The lowest BCUT2D eigenvalue weighted by molar-refractivity contribution is 0.391. The van der Waals surface area contributed by atoms with Gasteiger partial charge >= 0.3 is 0 Å². The summed E-state index contributed by atoms with van der Waals surface area (Å²) in [6.45, 7) is 4.12. The third-order valence-electron chi connectivity index (χ3n) is 6.66. The molecule has 1 aliphatic heterocycles. The Balaban J connectivity index is 1.60. The Morgan fingerprint density at radius 3 is 2.39 bits per heavy atom. The zero-order chi connectivity index (χ0) is 27.0. The van der Waals surface area contributed by atoms with E-state index in [2.05, 4.69) is 30.0 Å². The van der Waals surface area contributed by atoms with Gasteiger partial charge in [0.05, 0.1) is 24.5 Å². The van der Waals surface area contributed by atoms with Crippen LogP contribution in [0.4, 0.5) is 5.95 Å². The normalized spacial score (nSPS) is 14.7. The lowest BCUT2D eigenvalue weighted by atomic mass is 10.1. The van der Waals surface area contributed by atoms with Crippen molar-refractivity contribution in [1.82, 2.24) is 34.5 Å². The molecule has 4 aromatic rings. The monoisotopic (exact) mass is 558 g/mol. The number of hydrogen-bond acceptors (Lipinski definition) is 9. The van der Waals surface area contributed by atoms with Gasteiger partial charge in [0.1, 0.15) is 28.7 Å². The van der Waals surface area contributed by atoms with Crippen LogP contribution in [0.3, 0.4) is 0 Å². The molecule has 5 rings (SSSR count). The molecule has 1 N–H and O–H groups in total. The van der Waals surface area contributed by atoms with Gasteiger partial charge in [-0.2, -0.15) is 5.10 Å². The summed E-state index contributed by atoms with van der Waals surface area (Å²) >= 11 is 5.89. The molecule has 200 valence electrons. The Morgan fingerprint density at radius 2 is 1.76 bits per heavy atom. The molecule has 0 aliphatic carbocycles. The van der Waals surface area contributed by atoms with Crippen LogP contribution in [0.25, 0.3) is 17.2 Å². The van der Waals surface area contributed by atoms with E-state index in [-0.39, 0.29) is 5.95 Å². The van der Waals surface area contributed by atoms with Crippen molar-refractivity contribution in [3.63, 3.8) is 0 Å². The Labute approximate surface area is 225 Å². The molecule has 2 unspecified atom stereocenters. The van der Waals surface area contributed by atoms with E-state index in [1.807, 2.05) is 10.7 Å². The fraction of sp³-hybridized carbons (Fsp3) is 0.375. The van der Waals surface area contributed by atoms with Crippen molar-refractivity contribution in [3.05, 3.63) is 53.2 Å². The molecule has 0 radical (unpaired) electrons. The van der Waals surface area contributed by atoms with E-state index in [0.717, 1.165) is 25.1 Å². The quantitative estimate of drug-likeness (QED) is 0.327. The molecule has 2 atom stereocenters. The molecule has 3 aromatic heterocycles. The van der Waals surface area contributed by atoms with Crippen molar-refractivity contribution in [2.45, 2.75) is 44.4 Å². The molecule has 0 saturated heterocycles. The number of aryl methyl sites for hydroxylation is 2. The number of sulfonamides is 1. The van der Waals surface area contributed by atoms with Crippen molar-refractivity contribution in [2.24, 2.45) is 0 Å². The fourth-order valence-corrected chi connectivity index (χ4v) is 5.74. The van der Waals surface area contributed by atoms with Crippen LogP contribution in [0.5, 0.6) is 11.5 Å². The molecule has 0 saturated carbocycles. The first-order valence-electron chi connectivity index (χ1n) is 12.0. The van der Waals surface area contributed by atoms with E-state index in [0.29, 0.717) is 39.6 Å². The van der Waals surface area contributed by atoms with E-state index >= 15 is 0 Å². The summed E-state index contributed by atoms with van der Waals surface area (Å²) in [6.07, 6.45) is 4.80. The van der Waals surface area contributed by atoms with Gasteiger partial charge in [-0.3, -0.25) is 14.0 Å². The molecule has 12 nitrogen and oxygen atoms in total. The number of rotatable bonds is 9. The first kappa shape index (κ1) is 25.9. The minimum absolute atomic E-state index is 0.0352. The van der Waals surface area contributed by atoms with Gasteiger partial charge in [0.15, 0.2) is 5.82 Å². The maximum atomic E-state index is 13.6. The molecule has 14 heteroatoms. The minimum Gasteiger partial charge on any atom is -0.494 e. The summed E-state index contributed by atoms with van der Waals surface area (Å²) in [7, 11) is -0.957. The minimum atomic E-state index is -4.00. The number of fused-ring (bicyclic) bond motifs is 1. The van der Waals surface area contributed by atoms with Gasteiger partial charge in [0.25, 0.3) is 0 Å². The highest BCUT2D eigenvalue weighted by Gasteiger charge is 2.33. The third-order valence-corrected chi connectivity index (χ3v) is 8.71. The number of aromatic nitrogens is 7. The molecule has 1 aliphatic rings. The summed E-state index contributed by atoms with van der Waals surface area (Å²) in [5, 5.41) is 12.7. The van der Waals surface area contributed by atoms with Gasteiger partial charge in [-0.25, -0.2) is 18.4 Å². The predicted molar refractivity (Wildman–Crippen MR) is 141 cm³/mol. The number of nitrogens with one attached hydrogen (secondary N) is 1. The molecule has 38 heavy (non-hydrogen) atoms. The standard InChI is InChI=1S/C24H27ClN8O4S/c1-14(22-26-12-16(25)13-27-22)15(2)38(34,35)31-24-29-28-23(18-11-17-7-6-10-32(17)30-18)33(24)21-19(36-3)8-5-9-20(21)37-4/h5,8-9,11-15H,6-7,10H2,1-4H3,(H,29,31). The second kappa shape index (κ2) is 10.2. The second-order valence-electron chi connectivity index (χ2n) is 8.94. The predicted octanol–water partition coefficient (Wildman–Crippen LogP) is 3.47. The number of benzene rings is 1. The third kappa shape index (κ3) is 4.67. The Hall–Kier alpha value is -3.71. The van der Waals surface area contributed by atoms with Crippen LogP contribution in [-0.2, 0) is 23.0 Å². The number of hydrogen-bond donors (Lipinski definition) is 1. The van der Waals surface area contributed by atoms with Gasteiger partial charge < -0.3 is 9.47 Å². The van der Waals surface area contributed by atoms with Crippen LogP contribution in [-0.4, -0.2) is 62.4 Å². The lowest BCUT2D eigenvalue weighted by Crippen LogP contribution is -2.31.